The lowest BCUT2D eigenvalue weighted by Crippen LogP contribution is -2.27. The average Bonchev–Trinajstić information content (AvgIpc) is 2.74. The van der Waals surface area contributed by atoms with Crippen molar-refractivity contribution in [2.75, 3.05) is 43.2 Å². The Bertz CT molecular complexity index is 588. The minimum absolute atomic E-state index is 0.761. The van der Waals surface area contributed by atoms with Crippen LogP contribution >= 0.6 is 0 Å². The Morgan fingerprint density at radius 2 is 1.82 bits per heavy atom. The molecule has 116 valence electrons. The molecule has 2 heterocycles. The van der Waals surface area contributed by atoms with Gasteiger partial charge < -0.3 is 14.5 Å². The summed E-state index contributed by atoms with van der Waals surface area (Å²) in [5.41, 5.74) is 3.86. The summed E-state index contributed by atoms with van der Waals surface area (Å²) in [6.45, 7) is 4.74. The Morgan fingerprint density at radius 1 is 1.05 bits per heavy atom. The number of hydrogen-bond acceptors (Lipinski definition) is 4. The maximum atomic E-state index is 5.26. The van der Waals surface area contributed by atoms with Gasteiger partial charge in [-0.3, -0.25) is 4.98 Å². The summed E-state index contributed by atoms with van der Waals surface area (Å²) in [4.78, 5) is 9.12. The molecule has 4 nitrogen and oxygen atoms in total. The zero-order chi connectivity index (χ0) is 15.2. The molecular weight excluding hydrogens is 274 g/mol. The summed E-state index contributed by atoms with van der Waals surface area (Å²) in [5.74, 6) is 0. The third-order valence-electron chi connectivity index (χ3n) is 4.08. The van der Waals surface area contributed by atoms with Crippen molar-refractivity contribution in [3.8, 4) is 0 Å². The van der Waals surface area contributed by atoms with Crippen molar-refractivity contribution in [1.29, 1.82) is 0 Å². The number of fused-ring (bicyclic) bond motifs is 1. The second-order valence-electron chi connectivity index (χ2n) is 5.60. The lowest BCUT2D eigenvalue weighted by Gasteiger charge is -2.27. The fourth-order valence-corrected chi connectivity index (χ4v) is 3.00. The van der Waals surface area contributed by atoms with Gasteiger partial charge in [0.15, 0.2) is 0 Å². The van der Waals surface area contributed by atoms with Crippen LogP contribution in [0.1, 0.15) is 12.0 Å². The first-order chi connectivity index (χ1) is 10.9. The maximum Gasteiger partial charge on any atom is 0.0637 e. The van der Waals surface area contributed by atoms with Crippen molar-refractivity contribution in [3.05, 3.63) is 54.4 Å². The number of methoxy groups -OCH3 is 1. The first kappa shape index (κ1) is 14.9. The molecule has 0 saturated heterocycles. The molecule has 0 amide bonds. The van der Waals surface area contributed by atoms with Gasteiger partial charge in [0.25, 0.3) is 0 Å². The highest BCUT2D eigenvalue weighted by Gasteiger charge is 2.19. The molecule has 0 bridgehead atoms. The number of para-hydroxylation sites is 2. The van der Waals surface area contributed by atoms with E-state index in [1.54, 1.807) is 7.11 Å². The SMILES string of the molecule is COCCN1CCCN(Cc2cccnc2)c2ccccc21. The van der Waals surface area contributed by atoms with Gasteiger partial charge in [-0.2, -0.15) is 0 Å². The number of aromatic nitrogens is 1. The number of benzene rings is 1. The lowest BCUT2D eigenvalue weighted by molar-refractivity contribution is 0.205. The van der Waals surface area contributed by atoms with E-state index in [4.69, 9.17) is 4.74 Å². The molecule has 1 aromatic heterocycles. The molecule has 0 atom stereocenters. The molecule has 2 aromatic rings. The normalized spacial score (nSPS) is 14.6. The number of anilines is 2. The Labute approximate surface area is 132 Å². The van der Waals surface area contributed by atoms with Gasteiger partial charge in [0, 0.05) is 45.7 Å². The number of rotatable bonds is 5. The average molecular weight is 297 g/mol. The molecule has 1 aliphatic rings. The van der Waals surface area contributed by atoms with E-state index >= 15 is 0 Å². The van der Waals surface area contributed by atoms with Gasteiger partial charge >= 0.3 is 0 Å². The number of nitrogens with zero attached hydrogens (tertiary/aromatic N) is 3. The van der Waals surface area contributed by atoms with Gasteiger partial charge in [-0.15, -0.1) is 0 Å². The first-order valence-electron chi connectivity index (χ1n) is 7.85. The summed E-state index contributed by atoms with van der Waals surface area (Å²) in [6, 6.07) is 12.8. The summed E-state index contributed by atoms with van der Waals surface area (Å²) < 4.78 is 5.26. The second kappa shape index (κ2) is 7.27. The van der Waals surface area contributed by atoms with Crippen molar-refractivity contribution in [2.24, 2.45) is 0 Å². The molecule has 0 aliphatic carbocycles. The highest BCUT2D eigenvalue weighted by molar-refractivity contribution is 5.72. The van der Waals surface area contributed by atoms with Crippen LogP contribution in [0.4, 0.5) is 11.4 Å². The van der Waals surface area contributed by atoms with Gasteiger partial charge in [-0.25, -0.2) is 0 Å². The molecule has 0 fully saturated rings. The van der Waals surface area contributed by atoms with E-state index in [9.17, 15) is 0 Å². The summed E-state index contributed by atoms with van der Waals surface area (Å²) in [5, 5.41) is 0. The van der Waals surface area contributed by atoms with Crippen LogP contribution in [-0.2, 0) is 11.3 Å². The van der Waals surface area contributed by atoms with Crippen molar-refractivity contribution < 1.29 is 4.74 Å². The van der Waals surface area contributed by atoms with Gasteiger partial charge in [-0.05, 0) is 30.2 Å². The molecular formula is C18H23N3O. The van der Waals surface area contributed by atoms with Crippen LogP contribution in [0.2, 0.25) is 0 Å². The molecule has 4 heteroatoms. The predicted octanol–water partition coefficient (Wildman–Crippen LogP) is 2.94. The smallest absolute Gasteiger partial charge is 0.0637 e. The van der Waals surface area contributed by atoms with Crippen molar-refractivity contribution in [2.45, 2.75) is 13.0 Å². The van der Waals surface area contributed by atoms with E-state index in [0.717, 1.165) is 39.2 Å². The van der Waals surface area contributed by atoms with Crippen molar-refractivity contribution >= 4 is 11.4 Å². The summed E-state index contributed by atoms with van der Waals surface area (Å²) >= 11 is 0. The van der Waals surface area contributed by atoms with Crippen LogP contribution in [0.3, 0.4) is 0 Å². The largest absolute Gasteiger partial charge is 0.383 e. The molecule has 0 N–H and O–H groups in total. The predicted molar refractivity (Wildman–Crippen MR) is 90.4 cm³/mol. The Morgan fingerprint density at radius 3 is 2.55 bits per heavy atom. The van der Waals surface area contributed by atoms with Gasteiger partial charge in [-0.1, -0.05) is 18.2 Å². The van der Waals surface area contributed by atoms with E-state index in [0.29, 0.717) is 0 Å². The standard InChI is InChI=1S/C18H23N3O/c1-22-13-12-20-10-5-11-21(15-16-6-4-9-19-14-16)18-8-3-2-7-17(18)20/h2-4,6-9,14H,5,10-13,15H2,1H3. The number of pyridine rings is 1. The van der Waals surface area contributed by atoms with Gasteiger partial charge in [0.1, 0.15) is 0 Å². The Balaban J connectivity index is 1.85. The monoisotopic (exact) mass is 297 g/mol. The minimum Gasteiger partial charge on any atom is -0.383 e. The highest BCUT2D eigenvalue weighted by Crippen LogP contribution is 2.32. The number of hydrogen-bond donors (Lipinski definition) is 0. The fraction of sp³-hybridized carbons (Fsp3) is 0.389. The van der Waals surface area contributed by atoms with Crippen LogP contribution in [0.15, 0.2) is 48.8 Å². The lowest BCUT2D eigenvalue weighted by atomic mass is 10.2. The van der Waals surface area contributed by atoms with Crippen molar-refractivity contribution in [1.82, 2.24) is 4.98 Å². The molecule has 0 radical (unpaired) electrons. The van der Waals surface area contributed by atoms with E-state index < -0.39 is 0 Å². The molecule has 22 heavy (non-hydrogen) atoms. The molecule has 3 rings (SSSR count). The van der Waals surface area contributed by atoms with Crippen molar-refractivity contribution in [3.63, 3.8) is 0 Å². The third-order valence-corrected chi connectivity index (χ3v) is 4.08. The Hall–Kier alpha value is -2.07. The van der Waals surface area contributed by atoms with E-state index in [-0.39, 0.29) is 0 Å². The van der Waals surface area contributed by atoms with Crippen LogP contribution < -0.4 is 9.80 Å². The minimum atomic E-state index is 0.761. The van der Waals surface area contributed by atoms with Crippen LogP contribution in [0.25, 0.3) is 0 Å². The van der Waals surface area contributed by atoms with Gasteiger partial charge in [0.2, 0.25) is 0 Å². The quantitative estimate of drug-likeness (QED) is 0.848. The fourth-order valence-electron chi connectivity index (χ4n) is 3.00. The van der Waals surface area contributed by atoms with E-state index in [2.05, 4.69) is 45.1 Å². The van der Waals surface area contributed by atoms with Crippen LogP contribution in [-0.4, -0.2) is 38.3 Å². The summed E-state index contributed by atoms with van der Waals surface area (Å²) in [7, 11) is 1.76. The maximum absolute atomic E-state index is 5.26. The topological polar surface area (TPSA) is 28.6 Å². The van der Waals surface area contributed by atoms with Crippen LogP contribution in [0, 0.1) is 0 Å². The molecule has 1 aliphatic heterocycles. The summed E-state index contributed by atoms with van der Waals surface area (Å²) in [6.07, 6.45) is 4.93. The zero-order valence-electron chi connectivity index (χ0n) is 13.1. The molecule has 0 saturated carbocycles. The number of ether oxygens (including phenoxy) is 1. The van der Waals surface area contributed by atoms with E-state index in [1.807, 2.05) is 18.5 Å². The molecule has 1 aromatic carbocycles. The molecule has 0 spiro atoms. The molecule has 0 unspecified atom stereocenters. The second-order valence-corrected chi connectivity index (χ2v) is 5.60. The highest BCUT2D eigenvalue weighted by atomic mass is 16.5. The van der Waals surface area contributed by atoms with E-state index in [1.165, 1.54) is 16.9 Å². The van der Waals surface area contributed by atoms with Gasteiger partial charge in [0.05, 0.1) is 18.0 Å². The third kappa shape index (κ3) is 3.39. The van der Waals surface area contributed by atoms with Crippen LogP contribution in [0.5, 0.6) is 0 Å². The first-order valence-corrected chi connectivity index (χ1v) is 7.85. The Kier molecular flexibility index (Phi) is 4.91. The zero-order valence-corrected chi connectivity index (χ0v) is 13.1.